The fourth-order valence-corrected chi connectivity index (χ4v) is 2.92. The van der Waals surface area contributed by atoms with Crippen LogP contribution < -0.4 is 5.56 Å². The van der Waals surface area contributed by atoms with Crippen LogP contribution in [0.15, 0.2) is 29.1 Å². The van der Waals surface area contributed by atoms with E-state index in [4.69, 9.17) is 0 Å². The van der Waals surface area contributed by atoms with Crippen molar-refractivity contribution in [2.75, 3.05) is 0 Å². The third kappa shape index (κ3) is 2.03. The van der Waals surface area contributed by atoms with E-state index in [2.05, 4.69) is 0 Å². The van der Waals surface area contributed by atoms with Crippen molar-refractivity contribution in [1.82, 2.24) is 3.96 Å². The summed E-state index contributed by atoms with van der Waals surface area (Å²) in [7, 11) is 0. The number of rotatable bonds is 3. The average Bonchev–Trinajstić information content (AvgIpc) is 2.56. The van der Waals surface area contributed by atoms with Gasteiger partial charge in [-0.3, -0.25) is 8.75 Å². The molecule has 16 heavy (non-hydrogen) atoms. The van der Waals surface area contributed by atoms with E-state index in [1.54, 1.807) is 10.9 Å². The lowest BCUT2D eigenvalue weighted by atomic mass is 10.2. The maximum Gasteiger partial charge on any atom is 0.268 e. The molecule has 0 spiro atoms. The van der Waals surface area contributed by atoms with E-state index in [0.29, 0.717) is 6.42 Å². The SMILES string of the molecule is CC(O)CC(C)n1sc2ccccc2c1=O. The van der Waals surface area contributed by atoms with Crippen LogP contribution >= 0.6 is 11.5 Å². The molecule has 2 atom stereocenters. The monoisotopic (exact) mass is 237 g/mol. The second kappa shape index (κ2) is 4.39. The highest BCUT2D eigenvalue weighted by Gasteiger charge is 2.14. The van der Waals surface area contributed by atoms with Crippen LogP contribution in [-0.4, -0.2) is 15.2 Å². The first-order valence-corrected chi connectivity index (χ1v) is 6.15. The maximum absolute atomic E-state index is 12.0. The number of fused-ring (bicyclic) bond motifs is 1. The Hall–Kier alpha value is -1.13. The van der Waals surface area contributed by atoms with Gasteiger partial charge in [-0.05, 0) is 32.4 Å². The number of aliphatic hydroxyl groups excluding tert-OH is 1. The second-order valence-corrected chi connectivity index (χ2v) is 5.17. The summed E-state index contributed by atoms with van der Waals surface area (Å²) in [6.45, 7) is 3.71. The molecule has 0 radical (unpaired) electrons. The number of hydrogen-bond donors (Lipinski definition) is 1. The van der Waals surface area contributed by atoms with E-state index < -0.39 is 0 Å². The third-order valence-electron chi connectivity index (χ3n) is 2.60. The van der Waals surface area contributed by atoms with Gasteiger partial charge < -0.3 is 5.11 Å². The van der Waals surface area contributed by atoms with Gasteiger partial charge in [0.15, 0.2) is 0 Å². The summed E-state index contributed by atoms with van der Waals surface area (Å²) in [5, 5.41) is 10.1. The smallest absolute Gasteiger partial charge is 0.268 e. The topological polar surface area (TPSA) is 42.2 Å². The van der Waals surface area contributed by atoms with Crippen LogP contribution in [-0.2, 0) is 0 Å². The van der Waals surface area contributed by atoms with E-state index in [-0.39, 0.29) is 17.7 Å². The first-order chi connectivity index (χ1) is 7.59. The highest BCUT2D eigenvalue weighted by molar-refractivity contribution is 7.13. The molecular formula is C12H15NO2S. The lowest BCUT2D eigenvalue weighted by molar-refractivity contribution is 0.167. The average molecular weight is 237 g/mol. The minimum absolute atomic E-state index is 0.0462. The molecule has 0 aliphatic rings. The fraction of sp³-hybridized carbons (Fsp3) is 0.417. The molecule has 2 unspecified atom stereocenters. The quantitative estimate of drug-likeness (QED) is 0.890. The Labute approximate surface area is 98.1 Å². The lowest BCUT2D eigenvalue weighted by Gasteiger charge is -2.12. The number of hydrogen-bond acceptors (Lipinski definition) is 3. The number of nitrogens with zero attached hydrogens (tertiary/aromatic N) is 1. The van der Waals surface area contributed by atoms with Crippen LogP contribution in [0, 0.1) is 0 Å². The summed E-state index contributed by atoms with van der Waals surface area (Å²) in [6, 6.07) is 7.65. The largest absolute Gasteiger partial charge is 0.393 e. The minimum Gasteiger partial charge on any atom is -0.393 e. The van der Waals surface area contributed by atoms with Crippen molar-refractivity contribution >= 4 is 21.6 Å². The van der Waals surface area contributed by atoms with E-state index >= 15 is 0 Å². The zero-order valence-electron chi connectivity index (χ0n) is 9.38. The Kier molecular flexibility index (Phi) is 3.12. The highest BCUT2D eigenvalue weighted by Crippen LogP contribution is 2.21. The number of aromatic nitrogens is 1. The van der Waals surface area contributed by atoms with Crippen molar-refractivity contribution in [2.45, 2.75) is 32.4 Å². The van der Waals surface area contributed by atoms with Gasteiger partial charge in [-0.15, -0.1) is 0 Å². The molecule has 1 heterocycles. The van der Waals surface area contributed by atoms with Crippen molar-refractivity contribution in [1.29, 1.82) is 0 Å². The molecule has 0 fully saturated rings. The Morgan fingerprint density at radius 1 is 1.38 bits per heavy atom. The van der Waals surface area contributed by atoms with Gasteiger partial charge in [0.25, 0.3) is 5.56 Å². The molecule has 1 aromatic carbocycles. The van der Waals surface area contributed by atoms with Crippen molar-refractivity contribution in [3.63, 3.8) is 0 Å². The maximum atomic E-state index is 12.0. The molecule has 0 bridgehead atoms. The van der Waals surface area contributed by atoms with E-state index in [0.717, 1.165) is 10.1 Å². The highest BCUT2D eigenvalue weighted by atomic mass is 32.1. The standard InChI is InChI=1S/C12H15NO2S/c1-8(7-9(2)14)13-12(15)10-5-3-4-6-11(10)16-13/h3-6,8-9,14H,7H2,1-2H3. The fourth-order valence-electron chi connectivity index (χ4n) is 1.87. The first-order valence-electron chi connectivity index (χ1n) is 5.38. The molecule has 2 rings (SSSR count). The molecule has 1 aromatic heterocycles. The molecular weight excluding hydrogens is 222 g/mol. The Morgan fingerprint density at radius 2 is 2.06 bits per heavy atom. The Morgan fingerprint density at radius 3 is 2.69 bits per heavy atom. The van der Waals surface area contributed by atoms with Crippen molar-refractivity contribution < 1.29 is 5.11 Å². The van der Waals surface area contributed by atoms with Gasteiger partial charge in [0.1, 0.15) is 0 Å². The molecule has 0 amide bonds. The van der Waals surface area contributed by atoms with Crippen molar-refractivity contribution in [3.05, 3.63) is 34.6 Å². The number of aliphatic hydroxyl groups is 1. The van der Waals surface area contributed by atoms with E-state index in [1.165, 1.54) is 11.5 Å². The second-order valence-electron chi connectivity index (χ2n) is 4.15. The van der Waals surface area contributed by atoms with Crippen molar-refractivity contribution in [2.24, 2.45) is 0 Å². The molecule has 1 N–H and O–H groups in total. The van der Waals surface area contributed by atoms with Gasteiger partial charge in [-0.25, -0.2) is 0 Å². The van der Waals surface area contributed by atoms with Gasteiger partial charge in [0.2, 0.25) is 0 Å². The van der Waals surface area contributed by atoms with E-state index in [9.17, 15) is 9.90 Å². The van der Waals surface area contributed by atoms with Gasteiger partial charge in [-0.1, -0.05) is 23.7 Å². The molecule has 0 saturated heterocycles. The zero-order valence-corrected chi connectivity index (χ0v) is 10.2. The molecule has 0 saturated carbocycles. The Bertz CT molecular complexity index is 541. The van der Waals surface area contributed by atoms with Crippen LogP contribution in [0.2, 0.25) is 0 Å². The summed E-state index contributed by atoms with van der Waals surface area (Å²) in [6.07, 6.45) is 0.222. The lowest BCUT2D eigenvalue weighted by Crippen LogP contribution is -2.20. The summed E-state index contributed by atoms with van der Waals surface area (Å²) in [4.78, 5) is 12.0. The summed E-state index contributed by atoms with van der Waals surface area (Å²) in [5.41, 5.74) is 0.0498. The van der Waals surface area contributed by atoms with Gasteiger partial charge >= 0.3 is 0 Å². The van der Waals surface area contributed by atoms with E-state index in [1.807, 2.05) is 31.2 Å². The molecule has 0 aliphatic heterocycles. The Balaban J connectivity index is 2.45. The molecule has 4 heteroatoms. The minimum atomic E-state index is -0.382. The molecule has 86 valence electrons. The van der Waals surface area contributed by atoms with Crippen LogP contribution in [0.1, 0.15) is 26.3 Å². The van der Waals surface area contributed by atoms with Gasteiger partial charge in [0.05, 0.1) is 16.2 Å². The predicted octanol–water partition coefficient (Wildman–Crippen LogP) is 2.39. The van der Waals surface area contributed by atoms with Crippen molar-refractivity contribution in [3.8, 4) is 0 Å². The molecule has 3 nitrogen and oxygen atoms in total. The predicted molar refractivity (Wildman–Crippen MR) is 67.1 cm³/mol. The van der Waals surface area contributed by atoms with Crippen LogP contribution in [0.4, 0.5) is 0 Å². The first kappa shape index (κ1) is 11.4. The summed E-state index contributed by atoms with van der Waals surface area (Å²) >= 11 is 1.47. The molecule has 0 aliphatic carbocycles. The normalized spacial score (nSPS) is 15.2. The summed E-state index contributed by atoms with van der Waals surface area (Å²) in [5.74, 6) is 0. The molecule has 2 aromatic rings. The third-order valence-corrected chi connectivity index (χ3v) is 3.87. The van der Waals surface area contributed by atoms with Crippen LogP contribution in [0.5, 0.6) is 0 Å². The van der Waals surface area contributed by atoms with Crippen LogP contribution in [0.3, 0.4) is 0 Å². The number of benzene rings is 1. The van der Waals surface area contributed by atoms with Gasteiger partial charge in [-0.2, -0.15) is 0 Å². The van der Waals surface area contributed by atoms with Crippen LogP contribution in [0.25, 0.3) is 10.1 Å². The van der Waals surface area contributed by atoms with Gasteiger partial charge in [0, 0.05) is 6.04 Å². The summed E-state index contributed by atoms with van der Waals surface area (Å²) < 4.78 is 2.75. The zero-order chi connectivity index (χ0) is 11.7.